The molecule has 5 nitrogen and oxygen atoms in total. The van der Waals surface area contributed by atoms with E-state index in [4.69, 9.17) is 20.4 Å². The van der Waals surface area contributed by atoms with Crippen molar-refractivity contribution in [3.63, 3.8) is 0 Å². The van der Waals surface area contributed by atoms with Gasteiger partial charge in [-0.15, -0.1) is 0 Å². The molecule has 0 aliphatic carbocycles. The Morgan fingerprint density at radius 1 is 0.700 bits per heavy atom. The highest BCUT2D eigenvalue weighted by Gasteiger charge is 2.34. The first kappa shape index (κ1) is 12.9. The summed E-state index contributed by atoms with van der Waals surface area (Å²) in [5, 5.41) is 34.2. The molecule has 0 unspecified atom stereocenters. The van der Waals surface area contributed by atoms with Crippen LogP contribution in [0.15, 0.2) is 0 Å². The van der Waals surface area contributed by atoms with E-state index in [0.29, 0.717) is 0 Å². The third kappa shape index (κ3) is 2.88. The van der Waals surface area contributed by atoms with Crippen molar-refractivity contribution in [3.05, 3.63) is 6.15 Å². The van der Waals surface area contributed by atoms with Crippen molar-refractivity contribution >= 4 is 7.26 Å². The number of aliphatic hydroxyl groups excluding tert-OH is 4. The summed E-state index contributed by atoms with van der Waals surface area (Å²) in [6.45, 7) is 0. The van der Waals surface area contributed by atoms with E-state index >= 15 is 0 Å². The molecule has 0 saturated heterocycles. The lowest BCUT2D eigenvalue weighted by Gasteiger charge is -2.15. The monoisotopic (exact) mass is 171 g/mol. The Labute approximate surface area is 60.2 Å². The Balaban J connectivity index is 0. The molecule has 6 N–H and O–H groups in total. The Morgan fingerprint density at radius 2 is 0.900 bits per heavy atom. The lowest BCUT2D eigenvalue weighted by Crippen LogP contribution is -2.10. The SMILES string of the molecule is OC[P+](CO)(CO)CO.[NH2-]. The Bertz CT molecular complexity index is 60.1. The summed E-state index contributed by atoms with van der Waals surface area (Å²) in [7, 11) is -2.20. The topological polar surface area (TPSA) is 114 Å². The van der Waals surface area contributed by atoms with Crippen LogP contribution in [0.3, 0.4) is 0 Å². The molecule has 64 valence electrons. The first-order valence-electron chi connectivity index (χ1n) is 2.53. The van der Waals surface area contributed by atoms with Crippen LogP contribution in [0, 0.1) is 0 Å². The molecule has 6 heteroatoms. The van der Waals surface area contributed by atoms with Crippen LogP contribution in [0.4, 0.5) is 0 Å². The fraction of sp³-hybridized carbons (Fsp3) is 1.00. The van der Waals surface area contributed by atoms with E-state index in [2.05, 4.69) is 0 Å². The zero-order chi connectivity index (χ0) is 7.33. The normalized spacial score (nSPS) is 10.8. The van der Waals surface area contributed by atoms with Gasteiger partial charge in [-0.05, 0) is 0 Å². The Kier molecular flexibility index (Phi) is 7.69. The second-order valence-corrected chi connectivity index (χ2v) is 5.72. The van der Waals surface area contributed by atoms with Crippen molar-refractivity contribution in [1.29, 1.82) is 0 Å². The highest BCUT2D eigenvalue weighted by molar-refractivity contribution is 7.75. The van der Waals surface area contributed by atoms with Gasteiger partial charge in [0.2, 0.25) is 0 Å². The molecule has 0 aromatic heterocycles. The van der Waals surface area contributed by atoms with Gasteiger partial charge in [0.1, 0.15) is 7.26 Å². The molecule has 0 fully saturated rings. The molecule has 0 bridgehead atoms. The third-order valence-corrected chi connectivity index (χ3v) is 3.60. The minimum atomic E-state index is -2.20. The summed E-state index contributed by atoms with van der Waals surface area (Å²) < 4.78 is 0. The summed E-state index contributed by atoms with van der Waals surface area (Å²) in [4.78, 5) is 0. The van der Waals surface area contributed by atoms with Gasteiger partial charge in [0.05, 0.1) is 0 Å². The molecule has 0 aliphatic heterocycles. The van der Waals surface area contributed by atoms with Gasteiger partial charge in [0.15, 0.2) is 25.4 Å². The fourth-order valence-electron chi connectivity index (χ4n) is 0.268. The van der Waals surface area contributed by atoms with Crippen molar-refractivity contribution in [2.24, 2.45) is 0 Å². The van der Waals surface area contributed by atoms with Gasteiger partial charge in [0, 0.05) is 0 Å². The molecule has 0 amide bonds. The first-order valence-corrected chi connectivity index (χ1v) is 5.06. The van der Waals surface area contributed by atoms with E-state index in [1.807, 2.05) is 0 Å². The largest absolute Gasteiger partial charge is 0.693 e. The first-order chi connectivity index (χ1) is 4.24. The zero-order valence-corrected chi connectivity index (χ0v) is 6.54. The second kappa shape index (κ2) is 5.97. The van der Waals surface area contributed by atoms with Crippen LogP contribution in [0.2, 0.25) is 0 Å². The molecule has 0 atom stereocenters. The van der Waals surface area contributed by atoms with Crippen molar-refractivity contribution in [2.75, 3.05) is 25.4 Å². The lowest BCUT2D eigenvalue weighted by molar-refractivity contribution is 0.288. The number of nitrogens with two attached hydrogens (primary N) is 1. The van der Waals surface area contributed by atoms with E-state index in [9.17, 15) is 0 Å². The maximum atomic E-state index is 8.55. The Morgan fingerprint density at radius 3 is 0.900 bits per heavy atom. The summed E-state index contributed by atoms with van der Waals surface area (Å²) in [5.41, 5.74) is 0. The number of hydrogen-bond donors (Lipinski definition) is 4. The molecule has 0 aromatic carbocycles. The van der Waals surface area contributed by atoms with Gasteiger partial charge in [-0.25, -0.2) is 0 Å². The lowest BCUT2D eigenvalue weighted by atomic mass is 11.6. The van der Waals surface area contributed by atoms with Crippen LogP contribution in [0.25, 0.3) is 6.15 Å². The highest BCUT2D eigenvalue weighted by atomic mass is 31.2. The van der Waals surface area contributed by atoms with E-state index in [0.717, 1.165) is 0 Å². The molecule has 0 saturated carbocycles. The third-order valence-electron chi connectivity index (χ3n) is 1.20. The Hall–Kier alpha value is 0.230. The minimum absolute atomic E-state index is 0. The van der Waals surface area contributed by atoms with E-state index in [1.165, 1.54) is 0 Å². The van der Waals surface area contributed by atoms with Gasteiger partial charge >= 0.3 is 0 Å². The molecule has 0 spiro atoms. The van der Waals surface area contributed by atoms with Crippen molar-refractivity contribution < 1.29 is 20.4 Å². The van der Waals surface area contributed by atoms with E-state index in [1.54, 1.807) is 0 Å². The zero-order valence-electron chi connectivity index (χ0n) is 5.64. The van der Waals surface area contributed by atoms with Crippen LogP contribution in [-0.4, -0.2) is 45.8 Å². The summed E-state index contributed by atoms with van der Waals surface area (Å²) in [5.74, 6) is 0. The number of aliphatic hydroxyl groups is 4. The van der Waals surface area contributed by atoms with Crippen LogP contribution in [0.5, 0.6) is 0 Å². The highest BCUT2D eigenvalue weighted by Crippen LogP contribution is 2.54. The predicted octanol–water partition coefficient (Wildman–Crippen LogP) is -0.480. The van der Waals surface area contributed by atoms with Crippen molar-refractivity contribution in [2.45, 2.75) is 0 Å². The molecule has 0 radical (unpaired) electrons. The molecule has 0 heterocycles. The fourth-order valence-corrected chi connectivity index (χ4v) is 0.805. The maximum Gasteiger partial charge on any atom is 0.161 e. The average molecular weight is 171 g/mol. The van der Waals surface area contributed by atoms with E-state index < -0.39 is 7.26 Å². The minimum Gasteiger partial charge on any atom is -0.693 e. The van der Waals surface area contributed by atoms with Gasteiger partial charge < -0.3 is 26.6 Å². The van der Waals surface area contributed by atoms with Gasteiger partial charge in [-0.1, -0.05) is 0 Å². The molecular formula is C4H14NO4P. The van der Waals surface area contributed by atoms with Crippen LogP contribution < -0.4 is 0 Å². The van der Waals surface area contributed by atoms with Crippen molar-refractivity contribution in [3.8, 4) is 0 Å². The second-order valence-electron chi connectivity index (χ2n) is 1.91. The van der Waals surface area contributed by atoms with Gasteiger partial charge in [0.25, 0.3) is 0 Å². The van der Waals surface area contributed by atoms with Gasteiger partial charge in [-0.3, -0.25) is 0 Å². The van der Waals surface area contributed by atoms with Gasteiger partial charge in [-0.2, -0.15) is 0 Å². The summed E-state index contributed by atoms with van der Waals surface area (Å²) in [6, 6.07) is 0. The molecule has 0 aromatic rings. The smallest absolute Gasteiger partial charge is 0.161 e. The average Bonchev–Trinajstić information content (AvgIpc) is 1.95. The van der Waals surface area contributed by atoms with Crippen LogP contribution in [0.1, 0.15) is 0 Å². The molecule has 0 aliphatic rings. The quantitative estimate of drug-likeness (QED) is 0.427. The number of rotatable bonds is 4. The van der Waals surface area contributed by atoms with Crippen molar-refractivity contribution in [1.82, 2.24) is 0 Å². The summed E-state index contributed by atoms with van der Waals surface area (Å²) >= 11 is 0. The number of hydrogen-bond acceptors (Lipinski definition) is 4. The molecule has 0 rings (SSSR count). The summed E-state index contributed by atoms with van der Waals surface area (Å²) in [6.07, 6.45) is -1.18. The molecule has 10 heavy (non-hydrogen) atoms. The maximum absolute atomic E-state index is 8.55. The molecular weight excluding hydrogens is 157 g/mol. The van der Waals surface area contributed by atoms with E-state index in [-0.39, 0.29) is 31.5 Å². The van der Waals surface area contributed by atoms with Crippen LogP contribution in [-0.2, 0) is 0 Å². The predicted molar refractivity (Wildman–Crippen MR) is 40.5 cm³/mol. The van der Waals surface area contributed by atoms with Crippen LogP contribution >= 0.6 is 7.26 Å². The standard InChI is InChI=1S/C4H12O4P.H2N/c5-1-9(2-6,3-7)4-8;/h5-8H,1-4H2;1H2/q+1;-1.